The smallest absolute Gasteiger partial charge is 0.419 e. The molecule has 5 nitrogen and oxygen atoms in total. The molecule has 0 fully saturated rings. The number of benzene rings is 1. The standard InChI is InChI=1S/C21H30F3N3O2/c1-3-4-5-6-7-8-11-29-18-10-9-15(12-16(18)21(22,23)24)17-13-26-19(27-17)20(2,25)14-28/h9-10,12-13,28H,3-8,11,14,25H2,1-2H3,(H,26,27)/t20-/m0/s1. The van der Waals surface area contributed by atoms with Crippen LogP contribution in [0.25, 0.3) is 11.3 Å². The van der Waals surface area contributed by atoms with Crippen LogP contribution in [0.5, 0.6) is 5.75 Å². The van der Waals surface area contributed by atoms with Crippen molar-refractivity contribution in [2.24, 2.45) is 5.73 Å². The van der Waals surface area contributed by atoms with Crippen molar-refractivity contribution in [3.63, 3.8) is 0 Å². The number of nitrogens with two attached hydrogens (primary N) is 1. The van der Waals surface area contributed by atoms with Gasteiger partial charge >= 0.3 is 6.18 Å². The summed E-state index contributed by atoms with van der Waals surface area (Å²) >= 11 is 0. The number of unbranched alkanes of at least 4 members (excludes halogenated alkanes) is 5. The number of aromatic nitrogens is 2. The highest BCUT2D eigenvalue weighted by atomic mass is 19.4. The van der Waals surface area contributed by atoms with Gasteiger partial charge in [-0.3, -0.25) is 0 Å². The van der Waals surface area contributed by atoms with Crippen LogP contribution in [0.4, 0.5) is 13.2 Å². The van der Waals surface area contributed by atoms with E-state index in [2.05, 4.69) is 16.9 Å². The first-order valence-electron chi connectivity index (χ1n) is 9.98. The fourth-order valence-corrected chi connectivity index (χ4v) is 2.94. The molecular weight excluding hydrogens is 383 g/mol. The molecule has 0 spiro atoms. The van der Waals surface area contributed by atoms with Crippen molar-refractivity contribution in [3.05, 3.63) is 35.8 Å². The van der Waals surface area contributed by atoms with Gasteiger partial charge in [-0.15, -0.1) is 0 Å². The number of H-pyrrole nitrogens is 1. The molecule has 1 aromatic carbocycles. The zero-order chi connectivity index (χ0) is 21.5. The summed E-state index contributed by atoms with van der Waals surface area (Å²) in [6.07, 6.45) is 3.08. The Bertz CT molecular complexity index is 773. The van der Waals surface area contributed by atoms with Crippen LogP contribution in [0.15, 0.2) is 24.4 Å². The van der Waals surface area contributed by atoms with Crippen LogP contribution in [0.1, 0.15) is 63.8 Å². The lowest BCUT2D eigenvalue weighted by molar-refractivity contribution is -0.138. The van der Waals surface area contributed by atoms with E-state index in [9.17, 15) is 18.3 Å². The van der Waals surface area contributed by atoms with Gasteiger partial charge in [-0.25, -0.2) is 4.98 Å². The number of nitrogens with zero attached hydrogens (tertiary/aromatic N) is 1. The number of hydrogen-bond acceptors (Lipinski definition) is 4. The van der Waals surface area contributed by atoms with Crippen molar-refractivity contribution < 1.29 is 23.0 Å². The summed E-state index contributed by atoms with van der Waals surface area (Å²) in [5.41, 5.74) is 4.69. The first-order valence-corrected chi connectivity index (χ1v) is 9.98. The minimum absolute atomic E-state index is 0.173. The number of rotatable bonds is 11. The van der Waals surface area contributed by atoms with Crippen molar-refractivity contribution in [1.29, 1.82) is 0 Å². The number of ether oxygens (including phenoxy) is 1. The van der Waals surface area contributed by atoms with Crippen molar-refractivity contribution in [1.82, 2.24) is 9.97 Å². The second-order valence-corrected chi connectivity index (χ2v) is 7.55. The Labute approximate surface area is 169 Å². The molecule has 0 bridgehead atoms. The van der Waals surface area contributed by atoms with Gasteiger partial charge < -0.3 is 20.6 Å². The fourth-order valence-electron chi connectivity index (χ4n) is 2.94. The van der Waals surface area contributed by atoms with Gasteiger partial charge in [0.05, 0.1) is 36.2 Å². The Morgan fingerprint density at radius 1 is 1.14 bits per heavy atom. The Kier molecular flexibility index (Phi) is 8.10. The van der Waals surface area contributed by atoms with E-state index < -0.39 is 17.3 Å². The molecule has 0 aliphatic heterocycles. The molecule has 4 N–H and O–H groups in total. The Hall–Kier alpha value is -2.06. The van der Waals surface area contributed by atoms with Crippen LogP contribution < -0.4 is 10.5 Å². The van der Waals surface area contributed by atoms with Crippen LogP contribution in [0, 0.1) is 0 Å². The molecule has 0 aliphatic rings. The maximum atomic E-state index is 13.5. The highest BCUT2D eigenvalue weighted by Crippen LogP contribution is 2.38. The van der Waals surface area contributed by atoms with E-state index in [0.29, 0.717) is 17.1 Å². The average Bonchev–Trinajstić information content (AvgIpc) is 3.18. The lowest BCUT2D eigenvalue weighted by atomic mass is 10.1. The van der Waals surface area contributed by atoms with Gasteiger partial charge in [0, 0.05) is 5.56 Å². The van der Waals surface area contributed by atoms with E-state index in [1.807, 2.05) is 0 Å². The molecule has 0 radical (unpaired) electrons. The molecule has 2 aromatic rings. The van der Waals surface area contributed by atoms with E-state index in [1.54, 1.807) is 13.0 Å². The van der Waals surface area contributed by atoms with Crippen LogP contribution in [-0.2, 0) is 11.7 Å². The minimum atomic E-state index is -4.54. The molecule has 1 atom stereocenters. The van der Waals surface area contributed by atoms with Crippen molar-refractivity contribution >= 4 is 0 Å². The number of alkyl halides is 3. The normalized spacial score (nSPS) is 14.0. The summed E-state index contributed by atoms with van der Waals surface area (Å²) in [5, 5.41) is 9.33. The van der Waals surface area contributed by atoms with Crippen LogP contribution in [0.2, 0.25) is 0 Å². The van der Waals surface area contributed by atoms with Gasteiger partial charge in [0.2, 0.25) is 0 Å². The second kappa shape index (κ2) is 10.1. The summed E-state index contributed by atoms with van der Waals surface area (Å²) in [7, 11) is 0. The summed E-state index contributed by atoms with van der Waals surface area (Å²) in [4.78, 5) is 6.98. The van der Waals surface area contributed by atoms with E-state index in [1.165, 1.54) is 18.7 Å². The van der Waals surface area contributed by atoms with Crippen molar-refractivity contribution in [3.8, 4) is 17.0 Å². The summed E-state index contributed by atoms with van der Waals surface area (Å²) in [6.45, 7) is 3.62. The third-order valence-corrected chi connectivity index (χ3v) is 4.80. The molecule has 162 valence electrons. The molecule has 8 heteroatoms. The number of aliphatic hydroxyl groups is 1. The number of imidazole rings is 1. The monoisotopic (exact) mass is 413 g/mol. The third-order valence-electron chi connectivity index (χ3n) is 4.80. The number of halogens is 3. The minimum Gasteiger partial charge on any atom is -0.493 e. The lowest BCUT2D eigenvalue weighted by Gasteiger charge is -2.18. The quantitative estimate of drug-likeness (QED) is 0.453. The van der Waals surface area contributed by atoms with Gasteiger partial charge in [0.15, 0.2) is 0 Å². The summed E-state index contributed by atoms with van der Waals surface area (Å²) in [5.74, 6) is 0.125. The Balaban J connectivity index is 2.12. The maximum Gasteiger partial charge on any atom is 0.419 e. The van der Waals surface area contributed by atoms with E-state index >= 15 is 0 Å². The molecular formula is C21H30F3N3O2. The highest BCUT2D eigenvalue weighted by molar-refractivity contribution is 5.62. The molecule has 0 unspecified atom stereocenters. The van der Waals surface area contributed by atoms with E-state index in [0.717, 1.165) is 38.2 Å². The van der Waals surface area contributed by atoms with Crippen molar-refractivity contribution in [2.75, 3.05) is 13.2 Å². The second-order valence-electron chi connectivity index (χ2n) is 7.55. The SMILES string of the molecule is CCCCCCCCOc1ccc(-c2cnc([C@@](C)(N)CO)[nH]2)cc1C(F)(F)F. The molecule has 0 amide bonds. The number of aromatic amines is 1. The van der Waals surface area contributed by atoms with Gasteiger partial charge in [-0.1, -0.05) is 39.0 Å². The third kappa shape index (κ3) is 6.47. The summed E-state index contributed by atoms with van der Waals surface area (Å²) < 4.78 is 46.1. The van der Waals surface area contributed by atoms with Crippen LogP contribution in [0.3, 0.4) is 0 Å². The zero-order valence-corrected chi connectivity index (χ0v) is 17.0. The van der Waals surface area contributed by atoms with E-state index in [4.69, 9.17) is 10.5 Å². The van der Waals surface area contributed by atoms with Gasteiger partial charge in [0.1, 0.15) is 11.6 Å². The number of nitrogens with one attached hydrogen (secondary N) is 1. The average molecular weight is 413 g/mol. The first-order chi connectivity index (χ1) is 13.7. The fraction of sp³-hybridized carbons (Fsp3) is 0.571. The first kappa shape index (κ1) is 23.2. The maximum absolute atomic E-state index is 13.5. The molecule has 29 heavy (non-hydrogen) atoms. The van der Waals surface area contributed by atoms with Gasteiger partial charge in [-0.05, 0) is 31.5 Å². The zero-order valence-electron chi connectivity index (χ0n) is 17.0. The van der Waals surface area contributed by atoms with Crippen LogP contribution in [-0.4, -0.2) is 28.3 Å². The van der Waals surface area contributed by atoms with Gasteiger partial charge in [0.25, 0.3) is 0 Å². The molecule has 1 aromatic heterocycles. The molecule has 0 saturated heterocycles. The Morgan fingerprint density at radius 2 is 1.83 bits per heavy atom. The predicted molar refractivity (Wildman–Crippen MR) is 107 cm³/mol. The van der Waals surface area contributed by atoms with E-state index in [-0.39, 0.29) is 19.0 Å². The van der Waals surface area contributed by atoms with Crippen molar-refractivity contribution in [2.45, 2.75) is 64.1 Å². The lowest BCUT2D eigenvalue weighted by Crippen LogP contribution is -2.38. The molecule has 2 rings (SSSR count). The molecule has 0 saturated carbocycles. The van der Waals surface area contributed by atoms with Crippen LogP contribution >= 0.6 is 0 Å². The topological polar surface area (TPSA) is 84.2 Å². The molecule has 0 aliphatic carbocycles. The number of hydrogen-bond donors (Lipinski definition) is 3. The van der Waals surface area contributed by atoms with Gasteiger partial charge in [-0.2, -0.15) is 13.2 Å². The highest BCUT2D eigenvalue weighted by Gasteiger charge is 2.35. The largest absolute Gasteiger partial charge is 0.493 e. The number of aliphatic hydroxyl groups excluding tert-OH is 1. The predicted octanol–water partition coefficient (Wildman–Crippen LogP) is 5.00. The molecule has 1 heterocycles. The Morgan fingerprint density at radius 3 is 2.48 bits per heavy atom. The summed E-state index contributed by atoms with van der Waals surface area (Å²) in [6, 6.07) is 3.93.